The van der Waals surface area contributed by atoms with E-state index < -0.39 is 0 Å². The molecule has 1 aromatic heterocycles. The Morgan fingerprint density at radius 3 is 2.79 bits per heavy atom. The molecule has 1 N–H and O–H groups in total. The first-order chi connectivity index (χ1) is 6.70. The van der Waals surface area contributed by atoms with Crippen molar-refractivity contribution in [3.05, 3.63) is 17.5 Å². The Bertz CT molecular complexity index is 341. The summed E-state index contributed by atoms with van der Waals surface area (Å²) >= 11 is 0. The lowest BCUT2D eigenvalue weighted by atomic mass is 9.91. The fourth-order valence-electron chi connectivity index (χ4n) is 1.70. The number of aromatic amines is 1. The normalized spacial score (nSPS) is 16.4. The van der Waals surface area contributed by atoms with Crippen molar-refractivity contribution >= 4 is 5.91 Å². The van der Waals surface area contributed by atoms with Crippen LogP contribution in [0.1, 0.15) is 35.3 Å². The second kappa shape index (κ2) is 3.44. The molecule has 2 rings (SSSR count). The number of nitrogens with one attached hydrogen (secondary N) is 1. The summed E-state index contributed by atoms with van der Waals surface area (Å²) in [6, 6.07) is 0.441. The van der Waals surface area contributed by atoms with Gasteiger partial charge in [-0.05, 0) is 26.2 Å². The zero-order valence-corrected chi connectivity index (χ0v) is 8.58. The number of aryl methyl sites for hydroxylation is 1. The number of nitrogens with zero attached hydrogens (tertiary/aromatic N) is 2. The number of amides is 1. The highest BCUT2D eigenvalue weighted by Gasteiger charge is 2.27. The molecule has 0 spiro atoms. The van der Waals surface area contributed by atoms with Gasteiger partial charge in [0.1, 0.15) is 0 Å². The van der Waals surface area contributed by atoms with Gasteiger partial charge >= 0.3 is 0 Å². The third-order valence-corrected chi connectivity index (χ3v) is 3.00. The molecular formula is C10H15N3O. The van der Waals surface area contributed by atoms with Crippen LogP contribution in [0.5, 0.6) is 0 Å². The summed E-state index contributed by atoms with van der Waals surface area (Å²) in [4.78, 5) is 13.8. The van der Waals surface area contributed by atoms with E-state index in [-0.39, 0.29) is 5.91 Å². The number of hydrogen-bond acceptors (Lipinski definition) is 2. The van der Waals surface area contributed by atoms with Crippen LogP contribution in [0.15, 0.2) is 6.20 Å². The first-order valence-corrected chi connectivity index (χ1v) is 4.97. The summed E-state index contributed by atoms with van der Waals surface area (Å²) in [5.41, 5.74) is 1.54. The van der Waals surface area contributed by atoms with Crippen LogP contribution in [0.25, 0.3) is 0 Å². The predicted molar refractivity (Wildman–Crippen MR) is 53.1 cm³/mol. The van der Waals surface area contributed by atoms with Crippen molar-refractivity contribution in [2.75, 3.05) is 7.05 Å². The molecule has 1 heterocycles. The van der Waals surface area contributed by atoms with Crippen molar-refractivity contribution < 1.29 is 4.79 Å². The van der Waals surface area contributed by atoms with Gasteiger partial charge in [-0.25, -0.2) is 0 Å². The maximum absolute atomic E-state index is 11.9. The lowest BCUT2D eigenvalue weighted by Gasteiger charge is -2.34. The van der Waals surface area contributed by atoms with E-state index in [1.165, 1.54) is 6.42 Å². The summed E-state index contributed by atoms with van der Waals surface area (Å²) in [7, 11) is 1.87. The van der Waals surface area contributed by atoms with Gasteiger partial charge in [0, 0.05) is 18.8 Å². The van der Waals surface area contributed by atoms with E-state index in [1.807, 2.05) is 18.9 Å². The molecule has 0 saturated heterocycles. The van der Waals surface area contributed by atoms with Gasteiger partial charge in [0.2, 0.25) is 0 Å². The van der Waals surface area contributed by atoms with Gasteiger partial charge < -0.3 is 4.90 Å². The standard InChI is InChI=1S/C10H15N3O/c1-7-9(6-11-12-7)10(14)13(2)8-4-3-5-8/h6,8H,3-5H2,1-2H3,(H,11,12). The van der Waals surface area contributed by atoms with Crippen LogP contribution >= 0.6 is 0 Å². The Balaban J connectivity index is 2.11. The average molecular weight is 193 g/mol. The van der Waals surface area contributed by atoms with Crippen molar-refractivity contribution in [1.29, 1.82) is 0 Å². The summed E-state index contributed by atoms with van der Waals surface area (Å²) in [6.07, 6.45) is 5.12. The zero-order chi connectivity index (χ0) is 10.1. The summed E-state index contributed by atoms with van der Waals surface area (Å²) in [5.74, 6) is 0.0842. The van der Waals surface area contributed by atoms with Gasteiger partial charge in [-0.15, -0.1) is 0 Å². The second-order valence-electron chi connectivity index (χ2n) is 3.91. The van der Waals surface area contributed by atoms with Gasteiger partial charge in [-0.3, -0.25) is 9.89 Å². The highest BCUT2D eigenvalue weighted by atomic mass is 16.2. The van der Waals surface area contributed by atoms with E-state index in [0.717, 1.165) is 18.5 Å². The molecule has 0 aliphatic heterocycles. The molecule has 0 atom stereocenters. The Morgan fingerprint density at radius 1 is 1.64 bits per heavy atom. The smallest absolute Gasteiger partial charge is 0.257 e. The zero-order valence-electron chi connectivity index (χ0n) is 8.58. The molecule has 1 fully saturated rings. The number of hydrogen-bond donors (Lipinski definition) is 1. The third kappa shape index (κ3) is 1.41. The van der Waals surface area contributed by atoms with Crippen LogP contribution in [0.2, 0.25) is 0 Å². The van der Waals surface area contributed by atoms with Crippen LogP contribution in [0, 0.1) is 6.92 Å². The molecule has 1 amide bonds. The van der Waals surface area contributed by atoms with Gasteiger partial charge in [-0.1, -0.05) is 0 Å². The predicted octanol–water partition coefficient (Wildman–Crippen LogP) is 1.34. The van der Waals surface area contributed by atoms with E-state index in [2.05, 4.69) is 10.2 Å². The SMILES string of the molecule is Cc1[nH]ncc1C(=O)N(C)C1CCC1. The average Bonchev–Trinajstić information content (AvgIpc) is 2.47. The van der Waals surface area contributed by atoms with Crippen molar-refractivity contribution in [2.45, 2.75) is 32.2 Å². The maximum Gasteiger partial charge on any atom is 0.257 e. The molecule has 4 heteroatoms. The monoisotopic (exact) mass is 193 g/mol. The summed E-state index contributed by atoms with van der Waals surface area (Å²) < 4.78 is 0. The van der Waals surface area contributed by atoms with Crippen molar-refractivity contribution in [1.82, 2.24) is 15.1 Å². The molecule has 1 aromatic rings. The van der Waals surface area contributed by atoms with E-state index in [0.29, 0.717) is 11.6 Å². The first-order valence-electron chi connectivity index (χ1n) is 4.97. The molecule has 14 heavy (non-hydrogen) atoms. The number of aromatic nitrogens is 2. The molecule has 1 aliphatic carbocycles. The van der Waals surface area contributed by atoms with Crippen LogP contribution in [-0.2, 0) is 0 Å². The minimum absolute atomic E-state index is 0.0842. The van der Waals surface area contributed by atoms with Gasteiger partial charge in [0.15, 0.2) is 0 Å². The van der Waals surface area contributed by atoms with E-state index in [4.69, 9.17) is 0 Å². The van der Waals surface area contributed by atoms with Crippen LogP contribution in [0.3, 0.4) is 0 Å². The largest absolute Gasteiger partial charge is 0.339 e. The minimum atomic E-state index is 0.0842. The van der Waals surface area contributed by atoms with Crippen molar-refractivity contribution in [3.8, 4) is 0 Å². The van der Waals surface area contributed by atoms with Crippen molar-refractivity contribution in [3.63, 3.8) is 0 Å². The number of carbonyl (C=O) groups excluding carboxylic acids is 1. The quantitative estimate of drug-likeness (QED) is 0.770. The topological polar surface area (TPSA) is 49.0 Å². The molecule has 4 nitrogen and oxygen atoms in total. The summed E-state index contributed by atoms with van der Waals surface area (Å²) in [6.45, 7) is 1.87. The van der Waals surface area contributed by atoms with Crippen LogP contribution < -0.4 is 0 Å². The third-order valence-electron chi connectivity index (χ3n) is 3.00. The Morgan fingerprint density at radius 2 is 2.36 bits per heavy atom. The second-order valence-corrected chi connectivity index (χ2v) is 3.91. The summed E-state index contributed by atoms with van der Waals surface area (Å²) in [5, 5.41) is 6.64. The molecule has 76 valence electrons. The molecule has 1 aliphatic rings. The fraction of sp³-hybridized carbons (Fsp3) is 0.600. The Kier molecular flexibility index (Phi) is 2.27. The Labute approximate surface area is 83.3 Å². The lowest BCUT2D eigenvalue weighted by molar-refractivity contribution is 0.0651. The van der Waals surface area contributed by atoms with Gasteiger partial charge in [0.25, 0.3) is 5.91 Å². The first kappa shape index (κ1) is 9.24. The molecule has 0 bridgehead atoms. The van der Waals surface area contributed by atoms with E-state index >= 15 is 0 Å². The molecule has 0 aromatic carbocycles. The van der Waals surface area contributed by atoms with Crippen molar-refractivity contribution in [2.24, 2.45) is 0 Å². The highest BCUT2D eigenvalue weighted by Crippen LogP contribution is 2.24. The van der Waals surface area contributed by atoms with Crippen LogP contribution in [-0.4, -0.2) is 34.1 Å². The number of carbonyl (C=O) groups is 1. The number of rotatable bonds is 2. The molecule has 0 unspecified atom stereocenters. The minimum Gasteiger partial charge on any atom is -0.339 e. The number of H-pyrrole nitrogens is 1. The molecule has 1 saturated carbocycles. The molecular weight excluding hydrogens is 178 g/mol. The van der Waals surface area contributed by atoms with Gasteiger partial charge in [0.05, 0.1) is 11.8 Å². The molecule has 0 radical (unpaired) electrons. The lowest BCUT2D eigenvalue weighted by Crippen LogP contribution is -2.41. The highest BCUT2D eigenvalue weighted by molar-refractivity contribution is 5.95. The van der Waals surface area contributed by atoms with Gasteiger partial charge in [-0.2, -0.15) is 5.10 Å². The van der Waals surface area contributed by atoms with Crippen LogP contribution in [0.4, 0.5) is 0 Å². The fourth-order valence-corrected chi connectivity index (χ4v) is 1.70. The van der Waals surface area contributed by atoms with E-state index in [1.54, 1.807) is 6.20 Å². The van der Waals surface area contributed by atoms with E-state index in [9.17, 15) is 4.79 Å². The Hall–Kier alpha value is -1.32. The maximum atomic E-state index is 11.9.